The number of benzene rings is 2. The maximum atomic E-state index is 15.3. The number of carbonyl (C=O) groups is 4. The van der Waals surface area contributed by atoms with Gasteiger partial charge in [0.25, 0.3) is 23.6 Å². The lowest BCUT2D eigenvalue weighted by Crippen LogP contribution is -2.45. The van der Waals surface area contributed by atoms with Gasteiger partial charge in [-0.25, -0.2) is 29.1 Å². The van der Waals surface area contributed by atoms with Crippen molar-refractivity contribution in [3.8, 4) is 34.9 Å². The van der Waals surface area contributed by atoms with Crippen LogP contribution in [-0.4, -0.2) is 102 Å². The van der Waals surface area contributed by atoms with Gasteiger partial charge >= 0.3 is 49.1 Å². The van der Waals surface area contributed by atoms with Gasteiger partial charge in [0.05, 0.1) is 30.7 Å². The van der Waals surface area contributed by atoms with Gasteiger partial charge in [0.2, 0.25) is 23.0 Å². The first-order chi connectivity index (χ1) is 47.8. The Morgan fingerprint density at radius 3 is 1.23 bits per heavy atom. The number of aromatic nitrogens is 6. The van der Waals surface area contributed by atoms with Crippen molar-refractivity contribution in [2.75, 3.05) is 9.80 Å². The highest BCUT2D eigenvalue weighted by Crippen LogP contribution is 2.51. The summed E-state index contributed by atoms with van der Waals surface area (Å²) in [7, 11) is 0. The number of alkyl halides is 12. The van der Waals surface area contributed by atoms with E-state index in [9.17, 15) is 45.5 Å². The minimum atomic E-state index is -5.29. The van der Waals surface area contributed by atoms with E-state index in [-0.39, 0.29) is 22.6 Å². The number of anilines is 2. The maximum Gasteiger partial charge on any atom is 0.426 e. The molecule has 102 heavy (non-hydrogen) atoms. The Hall–Kier alpha value is -9.08. The molecule has 8 bridgehead atoms. The lowest BCUT2D eigenvalue weighted by molar-refractivity contribution is -0.300. The normalized spacial score (nSPS) is 20.6. The minimum Gasteiger partial charge on any atom is -0.474 e. The van der Waals surface area contributed by atoms with Crippen LogP contribution in [0.5, 0.6) is 11.8 Å². The molecule has 22 nitrogen and oxygen atoms in total. The van der Waals surface area contributed by atoms with Crippen LogP contribution in [0.2, 0.25) is 0 Å². The molecule has 0 saturated carbocycles. The van der Waals surface area contributed by atoms with Gasteiger partial charge in [-0.05, 0) is 159 Å². The molecule has 0 N–H and O–H groups in total. The number of fused-ring (bicyclic) bond motifs is 10. The third-order valence-electron chi connectivity index (χ3n) is 14.1. The van der Waals surface area contributed by atoms with E-state index in [0.717, 1.165) is 0 Å². The summed E-state index contributed by atoms with van der Waals surface area (Å²) in [4.78, 5) is 62.4. The second-order valence-electron chi connectivity index (χ2n) is 27.4. The summed E-state index contributed by atoms with van der Waals surface area (Å²) in [6, 6.07) is 16.4. The van der Waals surface area contributed by atoms with Crippen LogP contribution in [-0.2, 0) is 65.2 Å². The number of amides is 4. The Kier molecular flexibility index (Phi) is 23.3. The molecular weight excluding hydrogens is 1380 g/mol. The van der Waals surface area contributed by atoms with Crippen molar-refractivity contribution in [3.05, 3.63) is 119 Å². The third-order valence-corrected chi connectivity index (χ3v) is 14.1. The fraction of sp³-hybridized carbons (Fsp3) is 0.529. The van der Waals surface area contributed by atoms with Crippen LogP contribution in [0.1, 0.15) is 185 Å². The van der Waals surface area contributed by atoms with E-state index >= 15 is 26.3 Å². The predicted molar refractivity (Wildman–Crippen MR) is 339 cm³/mol. The smallest absolute Gasteiger partial charge is 0.426 e. The molecule has 34 heteroatoms. The van der Waals surface area contributed by atoms with Crippen molar-refractivity contribution in [3.63, 3.8) is 0 Å². The molecule has 558 valence electrons. The highest BCUT2D eigenvalue weighted by atomic mass is 19.4. The second-order valence-corrected chi connectivity index (χ2v) is 27.4. The summed E-state index contributed by atoms with van der Waals surface area (Å²) in [6.07, 6.45) is -32.2. The van der Waals surface area contributed by atoms with Gasteiger partial charge in [-0.15, -0.1) is 20.4 Å². The Morgan fingerprint density at radius 1 is 0.510 bits per heavy atom. The van der Waals surface area contributed by atoms with E-state index in [1.54, 1.807) is 48.5 Å². The van der Waals surface area contributed by atoms with Crippen molar-refractivity contribution in [2.24, 2.45) is 0 Å². The molecule has 4 aromatic heterocycles. The molecule has 6 heterocycles. The number of ether oxygens (including phenoxy) is 8. The predicted octanol–water partition coefficient (Wildman–Crippen LogP) is 18.8. The summed E-state index contributed by atoms with van der Waals surface area (Å²) in [5.74, 6) is -6.36. The van der Waals surface area contributed by atoms with Crippen molar-refractivity contribution in [1.29, 1.82) is 0 Å². The standard InChI is InChI=1S/C34H40F6N4O7.C34H38F6N4O7/c2*1-20-14-10-9-13-17-32(34(38,39)40,47-19-21-15-11-8-12-16-21)27-43-42-26(49-27)24-23(18-22(33(35,36)37)25(41-24)48-20)44(28(45)50-30(2,3)4)29(46)51-31(5,6)7/h8,11-12,15-16,18,20H,9-10,13-14,17,19H2,1-7H3;8-12,15-16,18,20H,13-14,17,19H2,1-7H3/t2*20-,32-/m11/s1/i9D,10D;/t9?,10?,20-,32-;. The molecule has 0 aliphatic carbocycles. The number of rotatable bonds is 8. The fourth-order valence-corrected chi connectivity index (χ4v) is 9.55. The van der Waals surface area contributed by atoms with E-state index in [0.29, 0.717) is 23.3 Å². The van der Waals surface area contributed by atoms with E-state index in [1.807, 2.05) is 0 Å². The number of imide groups is 2. The molecule has 0 spiro atoms. The Balaban J connectivity index is 0.000000291. The van der Waals surface area contributed by atoms with E-state index < -0.39 is 216 Å². The topological polar surface area (TPSA) is 252 Å². The Labute approximate surface area is 581 Å². The van der Waals surface area contributed by atoms with E-state index in [2.05, 4.69) is 30.4 Å². The second kappa shape index (κ2) is 30.9. The number of allylic oxidation sites excluding steroid dienone is 1. The lowest BCUT2D eigenvalue weighted by Gasteiger charge is -2.33. The monoisotopic (exact) mass is 1460 g/mol. The van der Waals surface area contributed by atoms with Crippen LogP contribution in [0.15, 0.2) is 93.8 Å². The summed E-state index contributed by atoms with van der Waals surface area (Å²) >= 11 is 0. The maximum absolute atomic E-state index is 15.3. The van der Waals surface area contributed by atoms with Gasteiger partial charge in [-0.1, -0.05) is 79.2 Å². The van der Waals surface area contributed by atoms with Crippen LogP contribution >= 0.6 is 0 Å². The molecule has 8 rings (SSSR count). The van der Waals surface area contributed by atoms with E-state index in [1.165, 1.54) is 121 Å². The average Bonchev–Trinajstić information content (AvgIpc) is 1.54. The van der Waals surface area contributed by atoms with Gasteiger partial charge in [0, 0.05) is 9.16 Å². The van der Waals surface area contributed by atoms with Gasteiger partial charge in [-0.2, -0.15) is 62.5 Å². The molecule has 0 fully saturated rings. The van der Waals surface area contributed by atoms with E-state index in [4.69, 9.17) is 49.5 Å². The zero-order valence-corrected chi connectivity index (χ0v) is 57.9. The zero-order valence-electron chi connectivity index (χ0n) is 59.9. The average molecular weight is 1460 g/mol. The van der Waals surface area contributed by atoms with Crippen molar-refractivity contribution >= 4 is 35.7 Å². The van der Waals surface area contributed by atoms with Crippen LogP contribution in [0.25, 0.3) is 23.2 Å². The molecule has 6 aromatic rings. The first kappa shape index (κ1) is 77.1. The number of nitrogens with zero attached hydrogens (tertiary/aromatic N) is 8. The number of carbonyl (C=O) groups excluding carboxylic acids is 4. The highest BCUT2D eigenvalue weighted by Gasteiger charge is 2.63. The van der Waals surface area contributed by atoms with Crippen LogP contribution in [0.4, 0.5) is 83.2 Å². The molecule has 2 aromatic carbocycles. The van der Waals surface area contributed by atoms with Crippen LogP contribution < -0.4 is 19.3 Å². The molecule has 2 aliphatic heterocycles. The lowest BCUT2D eigenvalue weighted by atomic mass is 9.94. The highest BCUT2D eigenvalue weighted by molar-refractivity contribution is 6.12. The largest absolute Gasteiger partial charge is 0.474 e. The summed E-state index contributed by atoms with van der Waals surface area (Å²) in [6.45, 7) is 18.7. The van der Waals surface area contributed by atoms with Crippen molar-refractivity contribution < 1.29 is 121 Å². The zero-order chi connectivity index (χ0) is 77.7. The van der Waals surface area contributed by atoms with Gasteiger partial charge in [0.1, 0.15) is 39.6 Å². The molecular formula is C68H78F12N8O14. The number of pyridine rings is 2. The Morgan fingerprint density at radius 2 is 0.873 bits per heavy atom. The van der Waals surface area contributed by atoms with Gasteiger partial charge in [0.15, 0.2) is 11.4 Å². The van der Waals surface area contributed by atoms with Gasteiger partial charge < -0.3 is 46.7 Å². The summed E-state index contributed by atoms with van der Waals surface area (Å²) in [5, 5.41) is 14.7. The van der Waals surface area contributed by atoms with Crippen molar-refractivity contribution in [2.45, 2.75) is 232 Å². The number of hydrogen-bond acceptors (Lipinski definition) is 20. The molecule has 4 amide bonds. The Bertz CT molecular complexity index is 3950. The number of hydrogen-bond donors (Lipinski definition) is 0. The molecule has 2 unspecified atom stereocenters. The summed E-state index contributed by atoms with van der Waals surface area (Å²) in [5.41, 5.74) is -17.9. The van der Waals surface area contributed by atoms with Crippen LogP contribution in [0.3, 0.4) is 0 Å². The molecule has 2 aliphatic rings. The van der Waals surface area contributed by atoms with Crippen LogP contribution in [0, 0.1) is 0 Å². The quantitative estimate of drug-likeness (QED) is 0.0780. The first-order valence-corrected chi connectivity index (χ1v) is 31.6. The first-order valence-electron chi connectivity index (χ1n) is 32.7. The molecule has 0 radical (unpaired) electrons. The SMILES string of the molecule is C[C@@H]1CC=CCC[C@](OCc2ccccc2)(C(F)(F)F)c2nnc(o2)-c2nc(c(C(F)(F)F)cc2N(C(=O)OC(C)(C)C)C(=O)OC(C)(C)C)O1.[2H]C1CC[C@](OCc2ccccc2)(C(F)(F)F)c2nnc(o2)-c2nc(c(C(F)(F)F)cc2N(C(=O)OC(C)(C)C)C(=O)OC(C)(C)C)O[C@H](C)CC1[2H]. The van der Waals surface area contributed by atoms with Gasteiger partial charge in [-0.3, -0.25) is 0 Å². The molecule has 6 atom stereocenters. The minimum absolute atomic E-state index is 0.0275. The number of halogens is 12. The molecule has 0 saturated heterocycles. The summed E-state index contributed by atoms with van der Waals surface area (Å²) < 4.78 is 251. The van der Waals surface area contributed by atoms with Crippen molar-refractivity contribution in [1.82, 2.24) is 30.4 Å². The third kappa shape index (κ3) is 20.6. The fourth-order valence-electron chi connectivity index (χ4n) is 9.55.